The molecule has 0 saturated heterocycles. The summed E-state index contributed by atoms with van der Waals surface area (Å²) in [6, 6.07) is 1.52. The van der Waals surface area contributed by atoms with E-state index in [4.69, 9.17) is 5.26 Å². The van der Waals surface area contributed by atoms with Crippen molar-refractivity contribution in [2.75, 3.05) is 13.2 Å². The lowest BCUT2D eigenvalue weighted by molar-refractivity contribution is -0.158. The fourth-order valence-electron chi connectivity index (χ4n) is 0.653. The molecule has 0 unspecified atom stereocenters. The van der Waals surface area contributed by atoms with Crippen molar-refractivity contribution in [2.45, 2.75) is 27.7 Å². The fraction of sp³-hybridized carbons (Fsp3) is 0.700. The monoisotopic (exact) mass is 215 g/mol. The van der Waals surface area contributed by atoms with Gasteiger partial charge in [0.2, 0.25) is 5.92 Å². The Labute approximate surface area is 90.0 Å². The van der Waals surface area contributed by atoms with E-state index in [9.17, 15) is 9.59 Å². The van der Waals surface area contributed by atoms with Gasteiger partial charge in [0.25, 0.3) is 0 Å². The summed E-state index contributed by atoms with van der Waals surface area (Å²) in [5, 5.41) is 8.47. The second-order valence-electron chi connectivity index (χ2n) is 2.07. The number of hydrogen-bond acceptors (Lipinski definition) is 5. The average molecular weight is 215 g/mol. The minimum Gasteiger partial charge on any atom is -0.465 e. The normalized spacial score (nSPS) is 8.27. The molecule has 0 aromatic heterocycles. The number of ether oxygens (including phenoxy) is 2. The van der Waals surface area contributed by atoms with Crippen LogP contribution in [0.25, 0.3) is 0 Å². The highest BCUT2D eigenvalue weighted by Gasteiger charge is 2.28. The first-order chi connectivity index (χ1) is 7.17. The van der Waals surface area contributed by atoms with Gasteiger partial charge < -0.3 is 9.47 Å². The first-order valence-electron chi connectivity index (χ1n) is 4.90. The molecule has 0 spiro atoms. The zero-order valence-corrected chi connectivity index (χ0v) is 9.57. The highest BCUT2D eigenvalue weighted by Crippen LogP contribution is 2.01. The van der Waals surface area contributed by atoms with Crippen LogP contribution in [0.15, 0.2) is 0 Å². The Morgan fingerprint density at radius 3 is 1.67 bits per heavy atom. The Balaban J connectivity index is 0. The third-order valence-electron chi connectivity index (χ3n) is 1.17. The summed E-state index contributed by atoms with van der Waals surface area (Å²) in [6.45, 7) is 7.46. The van der Waals surface area contributed by atoms with Crippen molar-refractivity contribution in [1.29, 1.82) is 5.26 Å². The largest absolute Gasteiger partial charge is 0.465 e. The Kier molecular flexibility index (Phi) is 11.1. The van der Waals surface area contributed by atoms with Gasteiger partial charge >= 0.3 is 11.9 Å². The summed E-state index contributed by atoms with van der Waals surface area (Å²) in [7, 11) is 0. The predicted octanol–water partition coefficient (Wildman–Crippen LogP) is 1.28. The molecular weight excluding hydrogens is 198 g/mol. The van der Waals surface area contributed by atoms with Crippen LogP contribution in [-0.4, -0.2) is 25.2 Å². The molecule has 5 nitrogen and oxygen atoms in total. The Bertz CT molecular complexity index is 214. The van der Waals surface area contributed by atoms with E-state index < -0.39 is 17.9 Å². The van der Waals surface area contributed by atoms with Gasteiger partial charge in [-0.25, -0.2) is 9.59 Å². The van der Waals surface area contributed by atoms with Gasteiger partial charge in [-0.1, -0.05) is 13.8 Å². The summed E-state index contributed by atoms with van der Waals surface area (Å²) in [4.78, 5) is 21.9. The molecule has 0 amide bonds. The quantitative estimate of drug-likeness (QED) is 0.521. The van der Waals surface area contributed by atoms with Crippen LogP contribution in [0.1, 0.15) is 27.7 Å². The van der Waals surface area contributed by atoms with Crippen LogP contribution < -0.4 is 0 Å². The topological polar surface area (TPSA) is 76.4 Å². The molecule has 0 aromatic carbocycles. The van der Waals surface area contributed by atoms with Gasteiger partial charge in [0.15, 0.2) is 0 Å². The van der Waals surface area contributed by atoms with E-state index in [0.29, 0.717) is 0 Å². The molecule has 0 radical (unpaired) electrons. The van der Waals surface area contributed by atoms with Crippen molar-refractivity contribution in [3.05, 3.63) is 0 Å². The summed E-state index contributed by atoms with van der Waals surface area (Å²) in [5.41, 5.74) is 0. The lowest BCUT2D eigenvalue weighted by atomic mass is 10.2. The molecular formula is C10H17NO4. The van der Waals surface area contributed by atoms with Gasteiger partial charge in [0.05, 0.1) is 19.3 Å². The van der Waals surface area contributed by atoms with E-state index in [-0.39, 0.29) is 13.2 Å². The molecule has 0 aliphatic heterocycles. The number of nitriles is 1. The zero-order valence-electron chi connectivity index (χ0n) is 9.57. The molecule has 0 heterocycles. The fourth-order valence-corrected chi connectivity index (χ4v) is 0.653. The van der Waals surface area contributed by atoms with Crippen LogP contribution in [0.2, 0.25) is 0 Å². The molecule has 5 heteroatoms. The van der Waals surface area contributed by atoms with Crippen LogP contribution in [0.5, 0.6) is 0 Å². The Morgan fingerprint density at radius 2 is 1.47 bits per heavy atom. The second-order valence-corrected chi connectivity index (χ2v) is 2.07. The van der Waals surface area contributed by atoms with Crippen molar-refractivity contribution in [3.63, 3.8) is 0 Å². The van der Waals surface area contributed by atoms with Crippen LogP contribution in [0, 0.1) is 17.2 Å². The third-order valence-corrected chi connectivity index (χ3v) is 1.17. The van der Waals surface area contributed by atoms with Crippen molar-refractivity contribution in [3.8, 4) is 6.07 Å². The maximum absolute atomic E-state index is 10.9. The number of carbonyl (C=O) groups excluding carboxylic acids is 2. The summed E-state index contributed by atoms with van der Waals surface area (Å²) in [6.07, 6.45) is 0. The summed E-state index contributed by atoms with van der Waals surface area (Å²) >= 11 is 0. The third kappa shape index (κ3) is 6.49. The predicted molar refractivity (Wildman–Crippen MR) is 53.7 cm³/mol. The first-order valence-corrected chi connectivity index (χ1v) is 4.90. The molecule has 0 aliphatic carbocycles. The van der Waals surface area contributed by atoms with Gasteiger partial charge in [-0.2, -0.15) is 5.26 Å². The van der Waals surface area contributed by atoms with Crippen LogP contribution in [-0.2, 0) is 19.1 Å². The van der Waals surface area contributed by atoms with Crippen LogP contribution >= 0.6 is 0 Å². The van der Waals surface area contributed by atoms with E-state index in [1.54, 1.807) is 13.8 Å². The maximum Gasteiger partial charge on any atom is 0.334 e. The SMILES string of the molecule is CC.CCOC(=O)C(C#N)C(=O)OCC. The number of carbonyl (C=O) groups is 2. The molecule has 0 aromatic rings. The summed E-state index contributed by atoms with van der Waals surface area (Å²) in [5.74, 6) is -3.17. The van der Waals surface area contributed by atoms with Gasteiger partial charge in [-0.3, -0.25) is 0 Å². The van der Waals surface area contributed by atoms with E-state index in [0.717, 1.165) is 0 Å². The van der Waals surface area contributed by atoms with Crippen molar-refractivity contribution >= 4 is 11.9 Å². The minimum absolute atomic E-state index is 0.135. The minimum atomic E-state index is -1.46. The number of rotatable bonds is 4. The van der Waals surface area contributed by atoms with Gasteiger partial charge in [0.1, 0.15) is 0 Å². The van der Waals surface area contributed by atoms with Gasteiger partial charge in [-0.15, -0.1) is 0 Å². The van der Waals surface area contributed by atoms with Crippen molar-refractivity contribution in [1.82, 2.24) is 0 Å². The number of hydrogen-bond donors (Lipinski definition) is 0. The number of nitrogens with zero attached hydrogens (tertiary/aromatic N) is 1. The van der Waals surface area contributed by atoms with Crippen LogP contribution in [0.3, 0.4) is 0 Å². The van der Waals surface area contributed by atoms with Crippen molar-refractivity contribution < 1.29 is 19.1 Å². The van der Waals surface area contributed by atoms with E-state index in [1.165, 1.54) is 6.07 Å². The highest BCUT2D eigenvalue weighted by molar-refractivity contribution is 5.97. The molecule has 0 rings (SSSR count). The second kappa shape index (κ2) is 10.5. The smallest absolute Gasteiger partial charge is 0.334 e. The average Bonchev–Trinajstić information content (AvgIpc) is 2.22. The molecule has 0 atom stereocenters. The van der Waals surface area contributed by atoms with Gasteiger partial charge in [-0.05, 0) is 13.8 Å². The molecule has 0 saturated carbocycles. The van der Waals surface area contributed by atoms with E-state index >= 15 is 0 Å². The molecule has 0 N–H and O–H groups in total. The van der Waals surface area contributed by atoms with Gasteiger partial charge in [0, 0.05) is 0 Å². The number of esters is 2. The molecule has 86 valence electrons. The first kappa shape index (κ1) is 15.9. The van der Waals surface area contributed by atoms with Crippen molar-refractivity contribution in [2.24, 2.45) is 5.92 Å². The summed E-state index contributed by atoms with van der Waals surface area (Å²) < 4.78 is 9.00. The maximum atomic E-state index is 10.9. The Hall–Kier alpha value is -1.57. The van der Waals surface area contributed by atoms with E-state index in [1.807, 2.05) is 13.8 Å². The Morgan fingerprint density at radius 1 is 1.13 bits per heavy atom. The highest BCUT2D eigenvalue weighted by atomic mass is 16.6. The lowest BCUT2D eigenvalue weighted by Gasteiger charge is -2.06. The molecule has 15 heavy (non-hydrogen) atoms. The zero-order chi connectivity index (χ0) is 12.3. The molecule has 0 bridgehead atoms. The molecule has 0 aliphatic rings. The van der Waals surface area contributed by atoms with E-state index in [2.05, 4.69) is 9.47 Å². The molecule has 0 fully saturated rings. The standard InChI is InChI=1S/C8H11NO4.C2H6/c1-3-12-7(10)6(5-9)8(11)13-4-2;1-2/h6H,3-4H2,1-2H3;1-2H3. The van der Waals surface area contributed by atoms with Crippen LogP contribution in [0.4, 0.5) is 0 Å². The lowest BCUT2D eigenvalue weighted by Crippen LogP contribution is -2.26.